The standard InChI is InChI=1S/C26H34N2O3/c1-4-24(26(30)27-22-11-7-8-12-22)28(18-21-10-6-5-9-19(21)2)25(29)17-20-13-15-23(31-3)16-14-20/h5-6,9-10,13-16,22,24H,4,7-8,11-12,17-18H2,1-3H3,(H,27,30)/t24-/m0/s1. The van der Waals surface area contributed by atoms with Crippen LogP contribution in [0.3, 0.4) is 0 Å². The third-order valence-corrected chi connectivity index (χ3v) is 6.20. The van der Waals surface area contributed by atoms with Gasteiger partial charge in [0.25, 0.3) is 0 Å². The number of ether oxygens (including phenoxy) is 1. The first-order valence-corrected chi connectivity index (χ1v) is 11.3. The van der Waals surface area contributed by atoms with E-state index in [0.29, 0.717) is 13.0 Å². The van der Waals surface area contributed by atoms with Crippen LogP contribution in [0.5, 0.6) is 5.75 Å². The van der Waals surface area contributed by atoms with Crippen LogP contribution < -0.4 is 10.1 Å². The molecule has 0 saturated heterocycles. The third kappa shape index (κ3) is 6.09. The zero-order valence-electron chi connectivity index (χ0n) is 18.9. The topological polar surface area (TPSA) is 58.6 Å². The molecular formula is C26H34N2O3. The fraction of sp³-hybridized carbons (Fsp3) is 0.462. The van der Waals surface area contributed by atoms with E-state index in [1.165, 1.54) is 0 Å². The van der Waals surface area contributed by atoms with Crippen molar-refractivity contribution in [3.63, 3.8) is 0 Å². The number of rotatable bonds is 9. The molecule has 5 heteroatoms. The highest BCUT2D eigenvalue weighted by Gasteiger charge is 2.30. The Labute approximate surface area is 185 Å². The van der Waals surface area contributed by atoms with E-state index < -0.39 is 6.04 Å². The zero-order valence-corrected chi connectivity index (χ0v) is 18.9. The second kappa shape index (κ2) is 11.0. The largest absolute Gasteiger partial charge is 0.497 e. The lowest BCUT2D eigenvalue weighted by molar-refractivity contribution is -0.141. The molecule has 1 aliphatic carbocycles. The van der Waals surface area contributed by atoms with Gasteiger partial charge in [0.2, 0.25) is 11.8 Å². The van der Waals surface area contributed by atoms with Crippen molar-refractivity contribution in [2.75, 3.05) is 7.11 Å². The number of benzene rings is 2. The SMILES string of the molecule is CC[C@@H](C(=O)NC1CCCC1)N(Cc1ccccc1C)C(=O)Cc1ccc(OC)cc1. The van der Waals surface area contributed by atoms with Crippen molar-refractivity contribution in [3.05, 3.63) is 65.2 Å². The van der Waals surface area contributed by atoms with Crippen molar-refractivity contribution >= 4 is 11.8 Å². The normalized spacial score (nSPS) is 14.8. The monoisotopic (exact) mass is 422 g/mol. The lowest BCUT2D eigenvalue weighted by Gasteiger charge is -2.32. The quantitative estimate of drug-likeness (QED) is 0.651. The minimum absolute atomic E-state index is 0.0361. The van der Waals surface area contributed by atoms with Crippen molar-refractivity contribution in [1.29, 1.82) is 0 Å². The van der Waals surface area contributed by atoms with Crippen LogP contribution in [-0.2, 0) is 22.6 Å². The molecule has 1 atom stereocenters. The van der Waals surface area contributed by atoms with Crippen molar-refractivity contribution in [2.24, 2.45) is 0 Å². The Bertz CT molecular complexity index is 872. The summed E-state index contributed by atoms with van der Waals surface area (Å²) in [4.78, 5) is 28.4. The number of carbonyl (C=O) groups is 2. The van der Waals surface area contributed by atoms with E-state index in [2.05, 4.69) is 5.32 Å². The number of aryl methyl sites for hydroxylation is 1. The minimum Gasteiger partial charge on any atom is -0.497 e. The van der Waals surface area contributed by atoms with E-state index in [1.54, 1.807) is 12.0 Å². The molecule has 0 radical (unpaired) electrons. The molecule has 2 aromatic rings. The average Bonchev–Trinajstić information content (AvgIpc) is 3.28. The molecule has 0 unspecified atom stereocenters. The molecule has 1 aliphatic rings. The van der Waals surface area contributed by atoms with Gasteiger partial charge in [-0.3, -0.25) is 9.59 Å². The third-order valence-electron chi connectivity index (χ3n) is 6.20. The summed E-state index contributed by atoms with van der Waals surface area (Å²) in [5.74, 6) is 0.684. The molecule has 31 heavy (non-hydrogen) atoms. The summed E-state index contributed by atoms with van der Waals surface area (Å²) in [5, 5.41) is 3.20. The van der Waals surface area contributed by atoms with E-state index in [4.69, 9.17) is 4.74 Å². The van der Waals surface area contributed by atoms with Gasteiger partial charge >= 0.3 is 0 Å². The highest BCUT2D eigenvalue weighted by molar-refractivity contribution is 5.88. The average molecular weight is 423 g/mol. The second-order valence-electron chi connectivity index (χ2n) is 8.39. The number of carbonyl (C=O) groups excluding carboxylic acids is 2. The van der Waals surface area contributed by atoms with Gasteiger partial charge in [0.15, 0.2) is 0 Å². The van der Waals surface area contributed by atoms with Crippen LogP contribution in [0.1, 0.15) is 55.7 Å². The summed E-state index contributed by atoms with van der Waals surface area (Å²) in [7, 11) is 1.62. The Hall–Kier alpha value is -2.82. The molecule has 1 fully saturated rings. The summed E-state index contributed by atoms with van der Waals surface area (Å²) in [6, 6.07) is 15.3. The van der Waals surface area contributed by atoms with Crippen LogP contribution in [0.15, 0.2) is 48.5 Å². The van der Waals surface area contributed by atoms with Gasteiger partial charge in [-0.15, -0.1) is 0 Å². The first-order valence-electron chi connectivity index (χ1n) is 11.3. The number of hydrogen-bond donors (Lipinski definition) is 1. The summed E-state index contributed by atoms with van der Waals surface area (Å²) in [6.07, 6.45) is 5.21. The Morgan fingerprint density at radius 2 is 1.77 bits per heavy atom. The molecule has 1 N–H and O–H groups in total. The zero-order chi connectivity index (χ0) is 22.2. The van der Waals surface area contributed by atoms with Crippen LogP contribution in [0.4, 0.5) is 0 Å². The molecular weight excluding hydrogens is 388 g/mol. The van der Waals surface area contributed by atoms with Crippen LogP contribution in [-0.4, -0.2) is 35.9 Å². The number of nitrogens with one attached hydrogen (secondary N) is 1. The molecule has 3 rings (SSSR count). The molecule has 0 bridgehead atoms. The van der Waals surface area contributed by atoms with Crippen LogP contribution in [0, 0.1) is 6.92 Å². The van der Waals surface area contributed by atoms with Gasteiger partial charge in [0.1, 0.15) is 11.8 Å². The van der Waals surface area contributed by atoms with Gasteiger partial charge < -0.3 is 15.0 Å². The van der Waals surface area contributed by atoms with Crippen molar-refractivity contribution in [1.82, 2.24) is 10.2 Å². The molecule has 0 heterocycles. The predicted molar refractivity (Wildman–Crippen MR) is 123 cm³/mol. The number of amides is 2. The lowest BCUT2D eigenvalue weighted by Crippen LogP contribution is -2.51. The molecule has 166 valence electrons. The van der Waals surface area contributed by atoms with Gasteiger partial charge in [-0.2, -0.15) is 0 Å². The summed E-state index contributed by atoms with van der Waals surface area (Å²) in [6.45, 7) is 4.45. The Morgan fingerprint density at radius 1 is 1.10 bits per heavy atom. The van der Waals surface area contributed by atoms with E-state index >= 15 is 0 Å². The second-order valence-corrected chi connectivity index (χ2v) is 8.39. The van der Waals surface area contributed by atoms with Crippen molar-refractivity contribution < 1.29 is 14.3 Å². The lowest BCUT2D eigenvalue weighted by atomic mass is 10.0. The number of methoxy groups -OCH3 is 1. The van der Waals surface area contributed by atoms with E-state index in [9.17, 15) is 9.59 Å². The Kier molecular flexibility index (Phi) is 8.10. The Balaban J connectivity index is 1.81. The number of nitrogens with zero attached hydrogens (tertiary/aromatic N) is 1. The van der Waals surface area contributed by atoms with Crippen molar-refractivity contribution in [2.45, 2.75) is 71.0 Å². The minimum atomic E-state index is -0.481. The summed E-state index contributed by atoms with van der Waals surface area (Å²) in [5.41, 5.74) is 3.10. The first kappa shape index (κ1) is 22.9. The Morgan fingerprint density at radius 3 is 2.39 bits per heavy atom. The van der Waals surface area contributed by atoms with Gasteiger partial charge in [-0.25, -0.2) is 0 Å². The van der Waals surface area contributed by atoms with E-state index in [-0.39, 0.29) is 24.3 Å². The maximum atomic E-state index is 13.4. The maximum absolute atomic E-state index is 13.4. The van der Waals surface area contributed by atoms with Gasteiger partial charge in [-0.05, 0) is 55.0 Å². The van der Waals surface area contributed by atoms with Gasteiger partial charge in [0.05, 0.1) is 13.5 Å². The fourth-order valence-electron chi connectivity index (χ4n) is 4.28. The van der Waals surface area contributed by atoms with Crippen LogP contribution in [0.25, 0.3) is 0 Å². The molecule has 2 amide bonds. The summed E-state index contributed by atoms with van der Waals surface area (Å²) < 4.78 is 5.22. The van der Waals surface area contributed by atoms with Crippen LogP contribution in [0.2, 0.25) is 0 Å². The highest BCUT2D eigenvalue weighted by Crippen LogP contribution is 2.21. The van der Waals surface area contributed by atoms with Crippen LogP contribution >= 0.6 is 0 Å². The van der Waals surface area contributed by atoms with Crippen molar-refractivity contribution in [3.8, 4) is 5.75 Å². The van der Waals surface area contributed by atoms with Gasteiger partial charge in [0, 0.05) is 12.6 Å². The first-order chi connectivity index (χ1) is 15.0. The maximum Gasteiger partial charge on any atom is 0.243 e. The predicted octanol–water partition coefficient (Wildman–Crippen LogP) is 4.41. The number of hydrogen-bond acceptors (Lipinski definition) is 3. The van der Waals surface area contributed by atoms with E-state index in [0.717, 1.165) is 48.1 Å². The molecule has 0 aliphatic heterocycles. The van der Waals surface area contributed by atoms with Gasteiger partial charge in [-0.1, -0.05) is 56.2 Å². The van der Waals surface area contributed by atoms with E-state index in [1.807, 2.05) is 62.4 Å². The molecule has 0 spiro atoms. The summed E-state index contributed by atoms with van der Waals surface area (Å²) >= 11 is 0. The smallest absolute Gasteiger partial charge is 0.243 e. The molecule has 1 saturated carbocycles. The molecule has 0 aromatic heterocycles. The molecule has 2 aromatic carbocycles. The molecule has 5 nitrogen and oxygen atoms in total. The fourth-order valence-corrected chi connectivity index (χ4v) is 4.28. The highest BCUT2D eigenvalue weighted by atomic mass is 16.5.